The summed E-state index contributed by atoms with van der Waals surface area (Å²) in [5, 5.41) is 0.372. The summed E-state index contributed by atoms with van der Waals surface area (Å²) in [5.74, 6) is -0.801. The molecule has 2 aromatic carbocycles. The Balaban J connectivity index is 2.22. The summed E-state index contributed by atoms with van der Waals surface area (Å²) in [6, 6.07) is 10.7. The van der Waals surface area contributed by atoms with Crippen molar-refractivity contribution >= 4 is 22.7 Å². The van der Waals surface area contributed by atoms with E-state index in [1.807, 2.05) is 0 Å². The standard InChI is InChI=1S/C18H13F4NOS/c1-10-16(19)12-5-3-4-6-14(12)23-17(10)13-9-11(24-18(20,21)22)7-8-15(13)25-2/h3-9H,1-2H3. The van der Waals surface area contributed by atoms with E-state index in [4.69, 9.17) is 0 Å². The van der Waals surface area contributed by atoms with Crippen molar-refractivity contribution in [1.82, 2.24) is 4.98 Å². The zero-order valence-corrected chi connectivity index (χ0v) is 14.1. The molecule has 0 radical (unpaired) electrons. The molecule has 0 saturated carbocycles. The number of fused-ring (bicyclic) bond motifs is 1. The van der Waals surface area contributed by atoms with Crippen LogP contribution in [-0.2, 0) is 0 Å². The molecule has 7 heteroatoms. The molecule has 0 amide bonds. The van der Waals surface area contributed by atoms with Crippen molar-refractivity contribution in [3.8, 4) is 17.0 Å². The second-order valence-corrected chi connectivity index (χ2v) is 6.17. The molecule has 0 unspecified atom stereocenters. The van der Waals surface area contributed by atoms with E-state index in [0.717, 1.165) is 0 Å². The van der Waals surface area contributed by atoms with Crippen molar-refractivity contribution < 1.29 is 22.3 Å². The Morgan fingerprint density at radius 1 is 1.08 bits per heavy atom. The fraction of sp³-hybridized carbons (Fsp3) is 0.167. The Kier molecular flexibility index (Phi) is 4.60. The van der Waals surface area contributed by atoms with E-state index in [0.29, 0.717) is 27.1 Å². The van der Waals surface area contributed by atoms with Gasteiger partial charge in [-0.1, -0.05) is 12.1 Å². The SMILES string of the molecule is CSc1ccc(OC(F)(F)F)cc1-c1nc2ccccc2c(F)c1C. The molecular weight excluding hydrogens is 354 g/mol. The van der Waals surface area contributed by atoms with Gasteiger partial charge in [0.05, 0.1) is 11.2 Å². The first-order valence-corrected chi connectivity index (χ1v) is 8.51. The van der Waals surface area contributed by atoms with Crippen LogP contribution >= 0.6 is 11.8 Å². The van der Waals surface area contributed by atoms with Crippen molar-refractivity contribution in [1.29, 1.82) is 0 Å². The first-order valence-electron chi connectivity index (χ1n) is 7.29. The number of hydrogen-bond acceptors (Lipinski definition) is 3. The summed E-state index contributed by atoms with van der Waals surface area (Å²) in [6.07, 6.45) is -3.01. The van der Waals surface area contributed by atoms with E-state index >= 15 is 0 Å². The van der Waals surface area contributed by atoms with Crippen LogP contribution < -0.4 is 4.74 Å². The number of hydrogen-bond donors (Lipinski definition) is 0. The van der Waals surface area contributed by atoms with Crippen LogP contribution in [0.3, 0.4) is 0 Å². The van der Waals surface area contributed by atoms with Crippen LogP contribution in [-0.4, -0.2) is 17.6 Å². The van der Waals surface area contributed by atoms with Crippen LogP contribution in [0.2, 0.25) is 0 Å². The lowest BCUT2D eigenvalue weighted by Crippen LogP contribution is -2.17. The number of pyridine rings is 1. The van der Waals surface area contributed by atoms with E-state index in [1.54, 1.807) is 37.4 Å². The third-order valence-corrected chi connectivity index (χ3v) is 4.51. The summed E-state index contributed by atoms with van der Waals surface area (Å²) in [7, 11) is 0. The summed E-state index contributed by atoms with van der Waals surface area (Å²) >= 11 is 1.34. The number of thioether (sulfide) groups is 1. The van der Waals surface area contributed by atoms with E-state index in [9.17, 15) is 17.6 Å². The highest BCUT2D eigenvalue weighted by atomic mass is 32.2. The van der Waals surface area contributed by atoms with Crippen molar-refractivity contribution in [3.63, 3.8) is 0 Å². The first kappa shape index (κ1) is 17.5. The van der Waals surface area contributed by atoms with E-state index in [-0.39, 0.29) is 11.3 Å². The Morgan fingerprint density at radius 2 is 1.80 bits per heavy atom. The van der Waals surface area contributed by atoms with Gasteiger partial charge < -0.3 is 4.74 Å². The average Bonchev–Trinajstić information content (AvgIpc) is 2.56. The maximum Gasteiger partial charge on any atom is 0.573 e. The molecule has 1 heterocycles. The van der Waals surface area contributed by atoms with Gasteiger partial charge in [0.1, 0.15) is 11.6 Å². The monoisotopic (exact) mass is 367 g/mol. The van der Waals surface area contributed by atoms with Gasteiger partial charge in [-0.2, -0.15) is 0 Å². The van der Waals surface area contributed by atoms with Crippen molar-refractivity contribution in [2.45, 2.75) is 18.2 Å². The van der Waals surface area contributed by atoms with Crippen LogP contribution in [0.1, 0.15) is 5.56 Å². The predicted octanol–water partition coefficient (Wildman–Crippen LogP) is 5.97. The molecule has 0 aliphatic rings. The summed E-state index contributed by atoms with van der Waals surface area (Å²) < 4.78 is 56.2. The lowest BCUT2D eigenvalue weighted by molar-refractivity contribution is -0.274. The Labute approximate surface area is 145 Å². The lowest BCUT2D eigenvalue weighted by Gasteiger charge is -2.15. The molecular formula is C18H13F4NOS. The molecule has 1 aromatic heterocycles. The summed E-state index contributed by atoms with van der Waals surface area (Å²) in [6.45, 7) is 1.56. The average molecular weight is 367 g/mol. The molecule has 0 spiro atoms. The number of benzene rings is 2. The number of rotatable bonds is 3. The Morgan fingerprint density at radius 3 is 2.48 bits per heavy atom. The molecule has 2 nitrogen and oxygen atoms in total. The van der Waals surface area contributed by atoms with Crippen molar-refractivity contribution in [2.75, 3.05) is 6.26 Å². The molecule has 0 saturated heterocycles. The number of nitrogens with zero attached hydrogens (tertiary/aromatic N) is 1. The van der Waals surface area contributed by atoms with Gasteiger partial charge in [0.2, 0.25) is 0 Å². The smallest absolute Gasteiger partial charge is 0.406 e. The number of aromatic nitrogens is 1. The zero-order chi connectivity index (χ0) is 18.2. The van der Waals surface area contributed by atoms with Crippen molar-refractivity contribution in [3.05, 3.63) is 53.8 Å². The van der Waals surface area contributed by atoms with Gasteiger partial charge in [-0.3, -0.25) is 0 Å². The molecule has 0 N–H and O–H groups in total. The highest BCUT2D eigenvalue weighted by Crippen LogP contribution is 2.37. The van der Waals surface area contributed by atoms with Gasteiger partial charge in [-0.25, -0.2) is 9.37 Å². The normalized spacial score (nSPS) is 11.8. The van der Waals surface area contributed by atoms with Gasteiger partial charge in [-0.05, 0) is 43.5 Å². The van der Waals surface area contributed by atoms with Crippen LogP contribution in [0.5, 0.6) is 5.75 Å². The molecule has 0 atom stereocenters. The fourth-order valence-electron chi connectivity index (χ4n) is 2.60. The largest absolute Gasteiger partial charge is 0.573 e. The quantitative estimate of drug-likeness (QED) is 0.421. The summed E-state index contributed by atoms with van der Waals surface area (Å²) in [4.78, 5) is 5.14. The molecule has 130 valence electrons. The molecule has 0 aliphatic heterocycles. The molecule has 0 aliphatic carbocycles. The molecule has 3 aromatic rings. The maximum absolute atomic E-state index is 14.7. The number of alkyl halides is 3. The minimum Gasteiger partial charge on any atom is -0.406 e. The van der Waals surface area contributed by atoms with Crippen LogP contribution in [0.15, 0.2) is 47.4 Å². The summed E-state index contributed by atoms with van der Waals surface area (Å²) in [5.41, 5.74) is 1.41. The van der Waals surface area contributed by atoms with E-state index < -0.39 is 12.2 Å². The van der Waals surface area contributed by atoms with Crippen molar-refractivity contribution in [2.24, 2.45) is 0 Å². The van der Waals surface area contributed by atoms with Gasteiger partial charge in [-0.15, -0.1) is 24.9 Å². The van der Waals surface area contributed by atoms with E-state index in [2.05, 4.69) is 9.72 Å². The molecule has 0 fully saturated rings. The molecule has 25 heavy (non-hydrogen) atoms. The van der Waals surface area contributed by atoms with Gasteiger partial charge in [0.15, 0.2) is 0 Å². The first-order chi connectivity index (χ1) is 11.8. The molecule has 3 rings (SSSR count). The number of halogens is 4. The highest BCUT2D eigenvalue weighted by molar-refractivity contribution is 7.98. The van der Waals surface area contributed by atoms with Crippen LogP contribution in [0.4, 0.5) is 17.6 Å². The second-order valence-electron chi connectivity index (χ2n) is 5.33. The van der Waals surface area contributed by atoms with Gasteiger partial charge >= 0.3 is 6.36 Å². The second kappa shape index (κ2) is 6.55. The Bertz CT molecular complexity index is 940. The minimum atomic E-state index is -4.80. The lowest BCUT2D eigenvalue weighted by atomic mass is 10.0. The third-order valence-electron chi connectivity index (χ3n) is 3.72. The fourth-order valence-corrected chi connectivity index (χ4v) is 3.18. The number of ether oxygens (including phenoxy) is 1. The predicted molar refractivity (Wildman–Crippen MR) is 90.3 cm³/mol. The molecule has 0 bridgehead atoms. The van der Waals surface area contributed by atoms with Crippen LogP contribution in [0.25, 0.3) is 22.2 Å². The maximum atomic E-state index is 14.7. The van der Waals surface area contributed by atoms with Gasteiger partial charge in [0, 0.05) is 21.4 Å². The number of para-hydroxylation sites is 1. The van der Waals surface area contributed by atoms with Crippen LogP contribution in [0, 0.1) is 12.7 Å². The Hall–Kier alpha value is -2.28. The van der Waals surface area contributed by atoms with E-state index in [1.165, 1.54) is 30.0 Å². The minimum absolute atomic E-state index is 0.276. The van der Waals surface area contributed by atoms with Gasteiger partial charge in [0.25, 0.3) is 0 Å². The zero-order valence-electron chi connectivity index (χ0n) is 13.3. The third kappa shape index (κ3) is 3.56. The highest BCUT2D eigenvalue weighted by Gasteiger charge is 2.31. The topological polar surface area (TPSA) is 22.1 Å².